The summed E-state index contributed by atoms with van der Waals surface area (Å²) in [4.78, 5) is 56.4. The largest absolute Gasteiger partial charge is 0.473 e. The first kappa shape index (κ1) is 28.0. The van der Waals surface area contributed by atoms with Crippen LogP contribution in [0.5, 0.6) is 0 Å². The van der Waals surface area contributed by atoms with Gasteiger partial charge in [0.05, 0.1) is 31.8 Å². The predicted octanol–water partition coefficient (Wildman–Crippen LogP) is 0.615. The van der Waals surface area contributed by atoms with Crippen LogP contribution >= 0.6 is 15.6 Å². The molecule has 0 amide bonds. The van der Waals surface area contributed by atoms with Crippen molar-refractivity contribution >= 4 is 43.9 Å². The minimum absolute atomic E-state index is 0.0178. The van der Waals surface area contributed by atoms with E-state index >= 15 is 0 Å². The van der Waals surface area contributed by atoms with Crippen LogP contribution in [0.1, 0.15) is 25.4 Å². The van der Waals surface area contributed by atoms with Gasteiger partial charge in [-0.3, -0.25) is 32.4 Å². The van der Waals surface area contributed by atoms with Crippen LogP contribution in [0.15, 0.2) is 23.6 Å². The molecule has 4 aromatic rings. The molecule has 0 radical (unpaired) electrons. The number of aromatic amines is 1. The van der Waals surface area contributed by atoms with Crippen LogP contribution in [0, 0.1) is 5.92 Å². The second-order valence-electron chi connectivity index (χ2n) is 9.37. The van der Waals surface area contributed by atoms with Crippen molar-refractivity contribution in [1.82, 2.24) is 39.0 Å². The van der Waals surface area contributed by atoms with Crippen molar-refractivity contribution in [3.05, 3.63) is 35.0 Å². The van der Waals surface area contributed by atoms with Gasteiger partial charge in [0.25, 0.3) is 5.56 Å². The van der Waals surface area contributed by atoms with Gasteiger partial charge in [-0.1, -0.05) is 6.92 Å². The standard InChI is InChI=1S/C20H25N9O10P2/c1-10-12-6-36-40(31,32)35-4-2-3-28-13(25-11-5-22-8-23-16(11)28)7-37-41(33,34)39-15(10)19(38-12)29-9-24-14-17(29)26-20(21)27-18(14)30/h5,8-10,12,15,19H,2-4,6-7H2,1H3,(H,31,32)(H,33,34)(H3,21,26,27,30)/t10-,12-,15-,19-/m1/s1. The molecule has 220 valence electrons. The fourth-order valence-corrected chi connectivity index (χ4v) is 6.46. The van der Waals surface area contributed by atoms with E-state index in [0.717, 1.165) is 0 Å². The molecule has 6 rings (SSSR count). The first-order valence-electron chi connectivity index (χ1n) is 12.3. The minimum Gasteiger partial charge on any atom is -0.369 e. The predicted molar refractivity (Wildman–Crippen MR) is 137 cm³/mol. The average Bonchev–Trinajstić information content (AvgIpc) is 3.58. The Balaban J connectivity index is 1.37. The van der Waals surface area contributed by atoms with E-state index in [4.69, 9.17) is 28.6 Å². The Morgan fingerprint density at radius 2 is 1.95 bits per heavy atom. The number of rotatable bonds is 1. The zero-order valence-corrected chi connectivity index (χ0v) is 23.1. The van der Waals surface area contributed by atoms with Gasteiger partial charge in [0.2, 0.25) is 5.95 Å². The average molecular weight is 613 g/mol. The van der Waals surface area contributed by atoms with Crippen LogP contribution in [0.25, 0.3) is 22.3 Å². The first-order chi connectivity index (χ1) is 19.5. The summed E-state index contributed by atoms with van der Waals surface area (Å²) in [6.45, 7) is 0.813. The highest BCUT2D eigenvalue weighted by Gasteiger charge is 2.48. The number of nitrogens with one attached hydrogen (secondary N) is 1. The highest BCUT2D eigenvalue weighted by molar-refractivity contribution is 7.47. The number of fused-ring (bicyclic) bond motifs is 6. The molecule has 1 fully saturated rings. The van der Waals surface area contributed by atoms with Crippen LogP contribution in [0.3, 0.4) is 0 Å². The van der Waals surface area contributed by atoms with Gasteiger partial charge in [0.15, 0.2) is 23.0 Å². The van der Waals surface area contributed by atoms with Crippen LogP contribution in [-0.4, -0.2) is 74.2 Å². The molecule has 5 N–H and O–H groups in total. The Morgan fingerprint density at radius 3 is 2.78 bits per heavy atom. The molecule has 0 aromatic carbocycles. The van der Waals surface area contributed by atoms with Gasteiger partial charge in [-0.2, -0.15) is 4.98 Å². The number of ether oxygens (including phenoxy) is 1. The highest BCUT2D eigenvalue weighted by atomic mass is 31.2. The Labute approximate surface area is 229 Å². The van der Waals surface area contributed by atoms with Gasteiger partial charge in [-0.25, -0.2) is 29.1 Å². The second-order valence-corrected chi connectivity index (χ2v) is 12.2. The Bertz CT molecular complexity index is 1760. The molecule has 19 nitrogen and oxygen atoms in total. The Morgan fingerprint density at radius 1 is 1.12 bits per heavy atom. The summed E-state index contributed by atoms with van der Waals surface area (Å²) in [6.07, 6.45) is 0.923. The van der Waals surface area contributed by atoms with Crippen LogP contribution in [0.2, 0.25) is 0 Å². The number of H-pyrrole nitrogens is 1. The number of phosphoric acid groups is 2. The number of nitrogens with two attached hydrogens (primary N) is 1. The van der Waals surface area contributed by atoms with Crippen molar-refractivity contribution in [2.24, 2.45) is 5.92 Å². The van der Waals surface area contributed by atoms with Gasteiger partial charge in [0.1, 0.15) is 30.4 Å². The van der Waals surface area contributed by atoms with Crippen LogP contribution in [-0.2, 0) is 45.1 Å². The number of hydrogen-bond donors (Lipinski definition) is 4. The molecular formula is C20H25N9O10P2. The lowest BCUT2D eigenvalue weighted by atomic mass is 10.0. The lowest BCUT2D eigenvalue weighted by molar-refractivity contribution is -0.0500. The van der Waals surface area contributed by atoms with E-state index in [9.17, 15) is 23.7 Å². The lowest BCUT2D eigenvalue weighted by Crippen LogP contribution is -2.28. The number of nitrogens with zero attached hydrogens (tertiary/aromatic N) is 7. The third-order valence-electron chi connectivity index (χ3n) is 6.71. The molecule has 6 heterocycles. The summed E-state index contributed by atoms with van der Waals surface area (Å²) in [5.41, 5.74) is 5.89. The smallest absolute Gasteiger partial charge is 0.369 e. The summed E-state index contributed by atoms with van der Waals surface area (Å²) < 4.78 is 56.1. The SMILES string of the molecule is C[C@H]1[C@H]2OP(=O)(O)OCc3nc4cncnc4n3CCCOP(=O)(O)OC[C@H]1O[C@H]2n1cnc2c(=O)[nH]c(N)nc21. The van der Waals surface area contributed by atoms with Crippen molar-refractivity contribution in [2.75, 3.05) is 18.9 Å². The molecule has 2 aliphatic rings. The molecule has 21 heteroatoms. The maximum atomic E-state index is 13.2. The normalized spacial score (nSPS) is 31.9. The van der Waals surface area contributed by atoms with Crippen molar-refractivity contribution in [2.45, 2.75) is 44.9 Å². The topological polar surface area (TPSA) is 254 Å². The van der Waals surface area contributed by atoms with Gasteiger partial charge in [-0.15, -0.1) is 0 Å². The third kappa shape index (κ3) is 5.55. The number of imidazole rings is 2. The van der Waals surface area contributed by atoms with E-state index in [1.165, 1.54) is 23.4 Å². The molecule has 0 aliphatic carbocycles. The van der Waals surface area contributed by atoms with Crippen LogP contribution in [0.4, 0.5) is 5.95 Å². The molecule has 0 saturated carbocycles. The number of nitrogen functional groups attached to an aromatic ring is 1. The van der Waals surface area contributed by atoms with E-state index in [2.05, 4.69) is 29.9 Å². The Hall–Kier alpha value is -3.12. The van der Waals surface area contributed by atoms with Crippen molar-refractivity contribution < 1.29 is 41.7 Å². The summed E-state index contributed by atoms with van der Waals surface area (Å²) >= 11 is 0. The van der Waals surface area contributed by atoms with Crippen molar-refractivity contribution in [3.63, 3.8) is 0 Å². The molecule has 0 spiro atoms. The Kier molecular flexibility index (Phi) is 7.25. The van der Waals surface area contributed by atoms with E-state index in [1.54, 1.807) is 11.5 Å². The maximum absolute atomic E-state index is 13.2. The highest BCUT2D eigenvalue weighted by Crippen LogP contribution is 2.52. The van der Waals surface area contributed by atoms with E-state index in [1.807, 2.05) is 0 Å². The van der Waals surface area contributed by atoms with E-state index in [-0.39, 0.29) is 42.5 Å². The molecular weight excluding hydrogens is 588 g/mol. The number of phosphoric ester groups is 2. The fourth-order valence-electron chi connectivity index (χ4n) is 4.74. The summed E-state index contributed by atoms with van der Waals surface area (Å²) in [6, 6.07) is 0. The van der Waals surface area contributed by atoms with Gasteiger partial charge in [-0.05, 0) is 6.42 Å². The molecule has 2 aliphatic heterocycles. The minimum atomic E-state index is -4.79. The first-order valence-corrected chi connectivity index (χ1v) is 15.3. The fraction of sp³-hybridized carbons (Fsp3) is 0.500. The molecule has 4 aromatic heterocycles. The zero-order chi connectivity index (χ0) is 28.9. The second kappa shape index (κ2) is 10.6. The number of aromatic nitrogens is 8. The third-order valence-corrected chi connectivity index (χ3v) is 8.66. The monoisotopic (exact) mass is 613 g/mol. The molecule has 2 bridgehead atoms. The quantitative estimate of drug-likeness (QED) is 0.215. The summed E-state index contributed by atoms with van der Waals surface area (Å²) in [7, 11) is -9.31. The number of aryl methyl sites for hydroxylation is 1. The maximum Gasteiger partial charge on any atom is 0.473 e. The zero-order valence-electron chi connectivity index (χ0n) is 21.3. The lowest BCUT2D eigenvalue weighted by Gasteiger charge is -2.24. The summed E-state index contributed by atoms with van der Waals surface area (Å²) in [5, 5.41) is 0. The van der Waals surface area contributed by atoms with Crippen molar-refractivity contribution in [1.29, 1.82) is 0 Å². The number of hydrogen-bond acceptors (Lipinski definition) is 14. The molecule has 41 heavy (non-hydrogen) atoms. The van der Waals surface area contributed by atoms with Gasteiger partial charge in [0, 0.05) is 12.5 Å². The molecule has 1 saturated heterocycles. The summed E-state index contributed by atoms with van der Waals surface area (Å²) in [5.74, 6) is -0.674. The van der Waals surface area contributed by atoms with Crippen molar-refractivity contribution in [3.8, 4) is 0 Å². The van der Waals surface area contributed by atoms with Crippen LogP contribution < -0.4 is 11.3 Å². The van der Waals surface area contributed by atoms with Gasteiger partial charge < -0.3 is 24.8 Å². The van der Waals surface area contributed by atoms with E-state index in [0.29, 0.717) is 11.2 Å². The number of anilines is 1. The van der Waals surface area contributed by atoms with E-state index < -0.39 is 58.8 Å². The molecule has 6 atom stereocenters. The molecule has 2 unspecified atom stereocenters. The van der Waals surface area contributed by atoms with Gasteiger partial charge >= 0.3 is 15.6 Å².